The molecule has 1 saturated heterocycles. The zero-order valence-corrected chi connectivity index (χ0v) is 17.8. The number of hydrogen-bond acceptors (Lipinski definition) is 4. The van der Waals surface area contributed by atoms with Gasteiger partial charge in [-0.05, 0) is 31.4 Å². The molecule has 0 spiro atoms. The molecule has 3 rings (SSSR count). The Morgan fingerprint density at radius 3 is 2.67 bits per heavy atom. The molecule has 3 atom stereocenters. The number of nitrogens with one attached hydrogen (secondary N) is 2. The first-order chi connectivity index (χ1) is 14.4. The third-order valence-corrected chi connectivity index (χ3v) is 6.22. The lowest BCUT2D eigenvalue weighted by molar-refractivity contribution is -0.136. The quantitative estimate of drug-likeness (QED) is 0.535. The van der Waals surface area contributed by atoms with Crippen molar-refractivity contribution in [3.8, 4) is 0 Å². The molecule has 0 aromatic heterocycles. The topological polar surface area (TPSA) is 119 Å². The first-order valence-electron chi connectivity index (χ1n) is 10.3. The van der Waals surface area contributed by atoms with Crippen molar-refractivity contribution >= 4 is 40.4 Å². The highest BCUT2D eigenvalue weighted by Gasteiger charge is 2.38. The van der Waals surface area contributed by atoms with E-state index in [-0.39, 0.29) is 12.3 Å². The summed E-state index contributed by atoms with van der Waals surface area (Å²) < 4.78 is 22.8. The predicted octanol–water partition coefficient (Wildman–Crippen LogP) is 1.64. The number of rotatable bonds is 8. The molecular formula is C20H28N4O5S. The van der Waals surface area contributed by atoms with E-state index in [0.717, 1.165) is 30.0 Å². The number of amides is 3. The van der Waals surface area contributed by atoms with Crippen molar-refractivity contribution in [1.29, 1.82) is 0 Å². The molecule has 0 radical (unpaired) electrons. The Labute approximate surface area is 178 Å². The van der Waals surface area contributed by atoms with Crippen LogP contribution in [0.2, 0.25) is 0 Å². The standard InChI is InChI=1S/C20H28N4O5S/c1-2-3-8-15(20(27)23-11-6-7-12-23)21-18(25)13-17-19(26)22-14-9-4-5-10-16(14)24(17)30(28)29/h4-5,9-10,15,17H,2-3,6-8,11-13H2,1H3,(H,21,25)(H,22,26)(H,28,29)/t15-,17?/m1/s1. The number of fused-ring (bicyclic) bond motifs is 1. The van der Waals surface area contributed by atoms with Gasteiger partial charge in [-0.25, -0.2) is 4.21 Å². The van der Waals surface area contributed by atoms with Crippen LogP contribution in [-0.4, -0.2) is 56.6 Å². The number of hydrogen-bond donors (Lipinski definition) is 3. The Morgan fingerprint density at radius 2 is 2.00 bits per heavy atom. The van der Waals surface area contributed by atoms with Crippen LogP contribution in [0.15, 0.2) is 24.3 Å². The molecule has 3 amide bonds. The van der Waals surface area contributed by atoms with E-state index in [1.54, 1.807) is 29.2 Å². The van der Waals surface area contributed by atoms with Gasteiger partial charge in [-0.1, -0.05) is 31.9 Å². The number of para-hydroxylation sites is 2. The van der Waals surface area contributed by atoms with Gasteiger partial charge in [0.05, 0.1) is 17.8 Å². The molecule has 10 heteroatoms. The second-order valence-electron chi connectivity index (χ2n) is 7.58. The van der Waals surface area contributed by atoms with Crippen LogP contribution < -0.4 is 14.9 Å². The van der Waals surface area contributed by atoms with Crippen molar-refractivity contribution in [2.24, 2.45) is 0 Å². The summed E-state index contributed by atoms with van der Waals surface area (Å²) in [7, 11) is 0. The Hall–Kier alpha value is -2.46. The molecule has 2 heterocycles. The minimum absolute atomic E-state index is 0.102. The summed E-state index contributed by atoms with van der Waals surface area (Å²) in [5.41, 5.74) is 0.776. The molecule has 2 aliphatic rings. The van der Waals surface area contributed by atoms with Crippen LogP contribution in [0.1, 0.15) is 45.4 Å². The van der Waals surface area contributed by atoms with Crippen molar-refractivity contribution in [3.05, 3.63) is 24.3 Å². The van der Waals surface area contributed by atoms with E-state index in [1.165, 1.54) is 0 Å². The summed E-state index contributed by atoms with van der Waals surface area (Å²) in [5.74, 6) is -1.14. The zero-order valence-electron chi connectivity index (χ0n) is 17.0. The fourth-order valence-electron chi connectivity index (χ4n) is 3.88. The summed E-state index contributed by atoms with van der Waals surface area (Å²) >= 11 is -2.49. The van der Waals surface area contributed by atoms with Gasteiger partial charge in [0, 0.05) is 13.1 Å². The molecule has 1 aromatic rings. The molecule has 1 aromatic carbocycles. The summed E-state index contributed by atoms with van der Waals surface area (Å²) in [4.78, 5) is 39.9. The first kappa shape index (κ1) is 22.2. The average Bonchev–Trinajstić information content (AvgIpc) is 3.25. The van der Waals surface area contributed by atoms with Crippen molar-refractivity contribution in [3.63, 3.8) is 0 Å². The van der Waals surface area contributed by atoms with Gasteiger partial charge in [0.1, 0.15) is 12.1 Å². The Kier molecular flexibility index (Phi) is 7.43. The molecule has 30 heavy (non-hydrogen) atoms. The van der Waals surface area contributed by atoms with Crippen LogP contribution in [0.25, 0.3) is 0 Å². The van der Waals surface area contributed by atoms with Gasteiger partial charge < -0.3 is 15.5 Å². The second-order valence-corrected chi connectivity index (χ2v) is 8.43. The number of carbonyl (C=O) groups is 3. The largest absolute Gasteiger partial charge is 0.344 e. The lowest BCUT2D eigenvalue weighted by Crippen LogP contribution is -2.53. The first-order valence-corrected chi connectivity index (χ1v) is 11.4. The summed E-state index contributed by atoms with van der Waals surface area (Å²) in [6.07, 6.45) is 3.78. The monoisotopic (exact) mass is 436 g/mol. The highest BCUT2D eigenvalue weighted by molar-refractivity contribution is 7.80. The Morgan fingerprint density at radius 1 is 1.30 bits per heavy atom. The molecule has 3 N–H and O–H groups in total. The van der Waals surface area contributed by atoms with Crippen molar-refractivity contribution in [2.75, 3.05) is 22.7 Å². The highest BCUT2D eigenvalue weighted by Crippen LogP contribution is 2.33. The SMILES string of the molecule is CCCC[C@@H](NC(=O)CC1C(=O)Nc2ccccc2N1S(=O)O)C(=O)N1CCCC1. The molecule has 2 aliphatic heterocycles. The molecular weight excluding hydrogens is 408 g/mol. The van der Waals surface area contributed by atoms with Crippen molar-refractivity contribution in [1.82, 2.24) is 10.2 Å². The second kappa shape index (κ2) is 10.0. The molecule has 2 unspecified atom stereocenters. The average molecular weight is 437 g/mol. The Balaban J connectivity index is 1.73. The van der Waals surface area contributed by atoms with Gasteiger partial charge in [-0.3, -0.25) is 23.2 Å². The summed E-state index contributed by atoms with van der Waals surface area (Å²) in [5, 5.41) is 5.44. The van der Waals surface area contributed by atoms with Gasteiger partial charge in [-0.15, -0.1) is 0 Å². The summed E-state index contributed by atoms with van der Waals surface area (Å²) in [6.45, 7) is 3.39. The fourth-order valence-corrected chi connectivity index (χ4v) is 4.60. The van der Waals surface area contributed by atoms with E-state index < -0.39 is 35.2 Å². The number of carbonyl (C=O) groups excluding carboxylic acids is 3. The molecule has 1 fully saturated rings. The maximum absolute atomic E-state index is 12.8. The number of benzene rings is 1. The molecule has 164 valence electrons. The Bertz CT molecular complexity index is 827. The van der Waals surface area contributed by atoms with Crippen molar-refractivity contribution in [2.45, 2.75) is 57.5 Å². The number of nitrogens with zero attached hydrogens (tertiary/aromatic N) is 2. The van der Waals surface area contributed by atoms with E-state index >= 15 is 0 Å². The van der Waals surface area contributed by atoms with E-state index in [2.05, 4.69) is 10.6 Å². The highest BCUT2D eigenvalue weighted by atomic mass is 32.2. The van der Waals surface area contributed by atoms with Crippen LogP contribution in [0.3, 0.4) is 0 Å². The zero-order chi connectivity index (χ0) is 21.7. The van der Waals surface area contributed by atoms with Crippen LogP contribution >= 0.6 is 0 Å². The summed E-state index contributed by atoms with van der Waals surface area (Å²) in [6, 6.07) is 4.81. The lowest BCUT2D eigenvalue weighted by Gasteiger charge is -2.34. The molecule has 0 aliphatic carbocycles. The normalized spacial score (nSPS) is 20.3. The molecule has 0 saturated carbocycles. The van der Waals surface area contributed by atoms with Crippen molar-refractivity contribution < 1.29 is 23.1 Å². The van der Waals surface area contributed by atoms with E-state index in [4.69, 9.17) is 0 Å². The van der Waals surface area contributed by atoms with E-state index in [9.17, 15) is 23.1 Å². The van der Waals surface area contributed by atoms with Crippen LogP contribution in [0, 0.1) is 0 Å². The van der Waals surface area contributed by atoms with Gasteiger partial charge in [-0.2, -0.15) is 0 Å². The third kappa shape index (κ3) is 4.99. The minimum atomic E-state index is -2.49. The lowest BCUT2D eigenvalue weighted by atomic mass is 10.1. The molecule has 9 nitrogen and oxygen atoms in total. The van der Waals surface area contributed by atoms with Gasteiger partial charge in [0.2, 0.25) is 17.7 Å². The number of likely N-dealkylation sites (tertiary alicyclic amines) is 1. The van der Waals surface area contributed by atoms with Gasteiger partial charge in [0.25, 0.3) is 11.3 Å². The number of unbranched alkanes of at least 4 members (excludes halogenated alkanes) is 1. The molecule has 0 bridgehead atoms. The predicted molar refractivity (Wildman–Crippen MR) is 114 cm³/mol. The van der Waals surface area contributed by atoms with Crippen LogP contribution in [0.5, 0.6) is 0 Å². The fraction of sp³-hybridized carbons (Fsp3) is 0.550. The maximum Gasteiger partial charge on any atom is 0.262 e. The van der Waals surface area contributed by atoms with Crippen LogP contribution in [-0.2, 0) is 25.7 Å². The van der Waals surface area contributed by atoms with Gasteiger partial charge in [0.15, 0.2) is 0 Å². The minimum Gasteiger partial charge on any atom is -0.344 e. The maximum atomic E-state index is 12.8. The number of anilines is 2. The van der Waals surface area contributed by atoms with E-state index in [0.29, 0.717) is 30.9 Å². The van der Waals surface area contributed by atoms with Crippen LogP contribution in [0.4, 0.5) is 11.4 Å². The van der Waals surface area contributed by atoms with Gasteiger partial charge >= 0.3 is 0 Å². The third-order valence-electron chi connectivity index (χ3n) is 5.43. The van der Waals surface area contributed by atoms with E-state index in [1.807, 2.05) is 6.92 Å². The smallest absolute Gasteiger partial charge is 0.262 e.